The quantitative estimate of drug-likeness (QED) is 0.920. The Morgan fingerprint density at radius 3 is 2.70 bits per heavy atom. The number of aromatic nitrogens is 2. The SMILES string of the molecule is CSCC(C)N(C)Cc1nc(N)c2c(C)c(C)sc2n1. The molecular weight excluding hydrogens is 288 g/mol. The molecule has 0 bridgehead atoms. The van der Waals surface area contributed by atoms with Crippen LogP contribution < -0.4 is 5.73 Å². The molecule has 1 unspecified atom stereocenters. The molecule has 20 heavy (non-hydrogen) atoms. The first-order valence-corrected chi connectivity index (χ1v) is 8.86. The maximum atomic E-state index is 6.11. The predicted molar refractivity (Wildman–Crippen MR) is 90.6 cm³/mol. The minimum absolute atomic E-state index is 0.498. The largest absolute Gasteiger partial charge is 0.383 e. The summed E-state index contributed by atoms with van der Waals surface area (Å²) < 4.78 is 0. The van der Waals surface area contributed by atoms with Crippen LogP contribution in [0.4, 0.5) is 5.82 Å². The van der Waals surface area contributed by atoms with Gasteiger partial charge >= 0.3 is 0 Å². The first-order chi connectivity index (χ1) is 9.43. The highest BCUT2D eigenvalue weighted by Crippen LogP contribution is 2.31. The second kappa shape index (κ2) is 6.28. The van der Waals surface area contributed by atoms with Crippen LogP contribution in [0.3, 0.4) is 0 Å². The van der Waals surface area contributed by atoms with Gasteiger partial charge < -0.3 is 5.73 Å². The van der Waals surface area contributed by atoms with Gasteiger partial charge in [-0.25, -0.2) is 9.97 Å². The van der Waals surface area contributed by atoms with E-state index in [2.05, 4.69) is 48.9 Å². The number of nitrogens with two attached hydrogens (primary N) is 1. The summed E-state index contributed by atoms with van der Waals surface area (Å²) in [5, 5.41) is 1.02. The number of hydrogen-bond donors (Lipinski definition) is 1. The molecule has 0 saturated heterocycles. The van der Waals surface area contributed by atoms with E-state index in [1.165, 1.54) is 10.4 Å². The lowest BCUT2D eigenvalue weighted by Crippen LogP contribution is -2.31. The van der Waals surface area contributed by atoms with Gasteiger partial charge in [-0.05, 0) is 39.6 Å². The normalized spacial score (nSPS) is 13.3. The number of nitrogens with zero attached hydrogens (tertiary/aromatic N) is 3. The molecule has 110 valence electrons. The van der Waals surface area contributed by atoms with E-state index in [1.807, 2.05) is 11.8 Å². The van der Waals surface area contributed by atoms with Crippen molar-refractivity contribution in [2.24, 2.45) is 0 Å². The molecule has 2 aromatic heterocycles. The van der Waals surface area contributed by atoms with Crippen LogP contribution in [-0.4, -0.2) is 40.0 Å². The molecule has 0 aliphatic heterocycles. The summed E-state index contributed by atoms with van der Waals surface area (Å²) in [6.07, 6.45) is 2.13. The Labute approximate surface area is 128 Å². The Kier molecular flexibility index (Phi) is 4.88. The number of thiophene rings is 1. The second-order valence-electron chi connectivity index (χ2n) is 5.21. The molecule has 0 aliphatic carbocycles. The van der Waals surface area contributed by atoms with Gasteiger partial charge in [-0.1, -0.05) is 0 Å². The molecule has 0 saturated carbocycles. The number of nitrogen functional groups attached to an aromatic ring is 1. The highest BCUT2D eigenvalue weighted by atomic mass is 32.2. The van der Waals surface area contributed by atoms with E-state index in [0.717, 1.165) is 28.3 Å². The van der Waals surface area contributed by atoms with Crippen LogP contribution in [0.25, 0.3) is 10.2 Å². The number of hydrogen-bond acceptors (Lipinski definition) is 6. The lowest BCUT2D eigenvalue weighted by molar-refractivity contribution is 0.263. The van der Waals surface area contributed by atoms with E-state index < -0.39 is 0 Å². The van der Waals surface area contributed by atoms with Crippen molar-refractivity contribution in [3.8, 4) is 0 Å². The maximum absolute atomic E-state index is 6.11. The van der Waals surface area contributed by atoms with Gasteiger partial charge in [0, 0.05) is 16.7 Å². The van der Waals surface area contributed by atoms with Gasteiger partial charge in [-0.3, -0.25) is 4.90 Å². The zero-order valence-corrected chi connectivity index (χ0v) is 14.4. The van der Waals surface area contributed by atoms with Gasteiger partial charge in [-0.2, -0.15) is 11.8 Å². The summed E-state index contributed by atoms with van der Waals surface area (Å²) in [5.41, 5.74) is 7.32. The highest BCUT2D eigenvalue weighted by Gasteiger charge is 2.15. The van der Waals surface area contributed by atoms with Crippen LogP contribution >= 0.6 is 23.1 Å². The molecule has 2 heterocycles. The summed E-state index contributed by atoms with van der Waals surface area (Å²) in [6, 6.07) is 0.498. The second-order valence-corrected chi connectivity index (χ2v) is 7.32. The van der Waals surface area contributed by atoms with E-state index >= 15 is 0 Å². The van der Waals surface area contributed by atoms with Crippen LogP contribution in [0.1, 0.15) is 23.2 Å². The molecule has 0 aliphatic rings. The van der Waals surface area contributed by atoms with Crippen molar-refractivity contribution in [2.75, 3.05) is 24.8 Å². The Hall–Kier alpha value is -0.850. The molecule has 4 nitrogen and oxygen atoms in total. The van der Waals surface area contributed by atoms with Gasteiger partial charge in [0.2, 0.25) is 0 Å². The third kappa shape index (κ3) is 3.07. The Bertz CT molecular complexity index is 609. The number of aryl methyl sites for hydroxylation is 2. The molecule has 6 heteroatoms. The number of fused-ring (bicyclic) bond motifs is 1. The summed E-state index contributed by atoms with van der Waals surface area (Å²) in [7, 11) is 2.11. The average molecular weight is 310 g/mol. The van der Waals surface area contributed by atoms with Gasteiger partial charge in [-0.15, -0.1) is 11.3 Å². The zero-order valence-electron chi connectivity index (χ0n) is 12.7. The van der Waals surface area contributed by atoms with Crippen LogP contribution in [0.5, 0.6) is 0 Å². The van der Waals surface area contributed by atoms with Crippen molar-refractivity contribution in [3.63, 3.8) is 0 Å². The van der Waals surface area contributed by atoms with Crippen LogP contribution in [-0.2, 0) is 6.54 Å². The van der Waals surface area contributed by atoms with Gasteiger partial charge in [0.05, 0.1) is 11.9 Å². The van der Waals surface area contributed by atoms with E-state index in [1.54, 1.807) is 11.3 Å². The molecule has 0 radical (unpaired) electrons. The number of rotatable bonds is 5. The van der Waals surface area contributed by atoms with Crippen LogP contribution in [0.2, 0.25) is 0 Å². The molecule has 0 fully saturated rings. The summed E-state index contributed by atoms with van der Waals surface area (Å²) in [4.78, 5) is 13.7. The van der Waals surface area contributed by atoms with Crippen molar-refractivity contribution in [1.29, 1.82) is 0 Å². The molecule has 0 spiro atoms. The first kappa shape index (κ1) is 15.5. The zero-order chi connectivity index (χ0) is 14.9. The fourth-order valence-corrected chi connectivity index (χ4v) is 3.94. The smallest absolute Gasteiger partial charge is 0.146 e. The topological polar surface area (TPSA) is 55.0 Å². The highest BCUT2D eigenvalue weighted by molar-refractivity contribution is 7.98. The number of thioether (sulfide) groups is 1. The van der Waals surface area contributed by atoms with Crippen LogP contribution in [0.15, 0.2) is 0 Å². The standard InChI is InChI=1S/C14H22N4S2/c1-8(7-19-5)18(4)6-11-16-13(15)12-9(2)10(3)20-14(12)17-11/h8H,6-7H2,1-5H3,(H2,15,16,17). The molecule has 1 atom stereocenters. The first-order valence-electron chi connectivity index (χ1n) is 6.65. The van der Waals surface area contributed by atoms with Crippen molar-refractivity contribution in [2.45, 2.75) is 33.4 Å². The fourth-order valence-electron chi connectivity index (χ4n) is 2.14. The minimum Gasteiger partial charge on any atom is -0.383 e. The average Bonchev–Trinajstić information content (AvgIpc) is 2.65. The number of anilines is 1. The maximum Gasteiger partial charge on any atom is 0.146 e. The summed E-state index contributed by atoms with van der Waals surface area (Å²) >= 11 is 3.55. The Morgan fingerprint density at radius 1 is 1.35 bits per heavy atom. The third-order valence-electron chi connectivity index (χ3n) is 3.65. The molecule has 2 rings (SSSR count). The minimum atomic E-state index is 0.498. The molecular formula is C14H22N4S2. The van der Waals surface area contributed by atoms with Gasteiger partial charge in [0.1, 0.15) is 16.5 Å². The van der Waals surface area contributed by atoms with Crippen molar-refractivity contribution >= 4 is 39.1 Å². The van der Waals surface area contributed by atoms with Crippen LogP contribution in [0, 0.1) is 13.8 Å². The third-order valence-corrected chi connectivity index (χ3v) is 5.57. The summed E-state index contributed by atoms with van der Waals surface area (Å²) in [5.74, 6) is 2.52. The lowest BCUT2D eigenvalue weighted by Gasteiger charge is -2.23. The van der Waals surface area contributed by atoms with E-state index in [4.69, 9.17) is 5.73 Å². The molecule has 0 amide bonds. The predicted octanol–water partition coefficient (Wildman–Crippen LogP) is 3.07. The molecule has 2 N–H and O–H groups in total. The monoisotopic (exact) mass is 310 g/mol. The van der Waals surface area contributed by atoms with Crippen molar-refractivity contribution in [1.82, 2.24) is 14.9 Å². The van der Waals surface area contributed by atoms with Crippen molar-refractivity contribution < 1.29 is 0 Å². The van der Waals surface area contributed by atoms with E-state index in [-0.39, 0.29) is 0 Å². The fraction of sp³-hybridized carbons (Fsp3) is 0.571. The summed E-state index contributed by atoms with van der Waals surface area (Å²) in [6.45, 7) is 7.14. The van der Waals surface area contributed by atoms with E-state index in [0.29, 0.717) is 11.9 Å². The van der Waals surface area contributed by atoms with E-state index in [9.17, 15) is 0 Å². The van der Waals surface area contributed by atoms with Crippen molar-refractivity contribution in [3.05, 3.63) is 16.3 Å². The molecule has 2 aromatic rings. The Balaban J connectivity index is 2.28. The lowest BCUT2D eigenvalue weighted by atomic mass is 10.2. The van der Waals surface area contributed by atoms with Gasteiger partial charge in [0.25, 0.3) is 0 Å². The molecule has 0 aromatic carbocycles. The van der Waals surface area contributed by atoms with Gasteiger partial charge in [0.15, 0.2) is 0 Å². The Morgan fingerprint density at radius 2 is 2.05 bits per heavy atom.